The summed E-state index contributed by atoms with van der Waals surface area (Å²) in [6.45, 7) is 0. The summed E-state index contributed by atoms with van der Waals surface area (Å²) in [4.78, 5) is 0. The van der Waals surface area contributed by atoms with Crippen LogP contribution in [-0.4, -0.2) is 40.3 Å². The molecule has 0 aromatic rings. The van der Waals surface area contributed by atoms with Crippen molar-refractivity contribution in [3.05, 3.63) is 0 Å². The molecule has 0 aliphatic rings. The molecule has 5 heteroatoms. The van der Waals surface area contributed by atoms with Crippen molar-refractivity contribution in [3.8, 4) is 0 Å². The van der Waals surface area contributed by atoms with Gasteiger partial charge in [-0.3, -0.25) is 0 Å². The first-order chi connectivity index (χ1) is 2.00. The molecule has 0 saturated heterocycles. The fraction of sp³-hybridized carbons (Fsp3) is 1.00. The largest absolute Gasteiger partial charge is 0 e. The second kappa shape index (κ2) is 2.92. The van der Waals surface area contributed by atoms with Gasteiger partial charge in [0.25, 0.3) is 0 Å². The van der Waals surface area contributed by atoms with Crippen LogP contribution >= 0.6 is 0 Å². The summed E-state index contributed by atoms with van der Waals surface area (Å²) < 4.78 is 24.8. The second-order valence-corrected chi connectivity index (χ2v) is 4.34. The van der Waals surface area contributed by atoms with Crippen molar-refractivity contribution in [1.82, 2.24) is 0 Å². The topological polar surface area (TPSA) is 57.5 Å². The van der Waals surface area contributed by atoms with E-state index in [1.54, 1.807) is 0 Å². The zero-order chi connectivity index (χ0) is 4.50. The Labute approximate surface area is 50.1 Å². The number of hydrogen-bond acceptors (Lipinski definition) is 1. The monoisotopic (exact) mass is 215 g/mol. The molecule has 0 atom stereocenters. The van der Waals surface area contributed by atoms with Gasteiger partial charge in [-0.1, -0.05) is 0 Å². The molecule has 0 rings (SSSR count). The van der Waals surface area contributed by atoms with E-state index in [4.69, 9.17) is 8.19 Å². The molecule has 0 amide bonds. The molecule has 6 heavy (non-hydrogen) atoms. The fourth-order valence-corrected chi connectivity index (χ4v) is 0. The van der Waals surface area contributed by atoms with Crippen molar-refractivity contribution in [2.45, 2.75) is 5.71 Å². The first-order valence-corrected chi connectivity index (χ1v) is 5.35. The SMILES string of the molecule is C[As](=O)(O)O.[As]. The van der Waals surface area contributed by atoms with Crippen LogP contribution in [0.5, 0.6) is 0 Å². The van der Waals surface area contributed by atoms with Gasteiger partial charge in [0.1, 0.15) is 0 Å². The van der Waals surface area contributed by atoms with Crippen molar-refractivity contribution in [2.75, 3.05) is 0 Å². The Bertz CT molecular complexity index is 54.9. The fourth-order valence-electron chi connectivity index (χ4n) is 0. The molecule has 0 saturated carbocycles. The van der Waals surface area contributed by atoms with Crippen LogP contribution < -0.4 is 0 Å². The third-order valence-corrected chi connectivity index (χ3v) is 0. The van der Waals surface area contributed by atoms with E-state index >= 15 is 0 Å². The van der Waals surface area contributed by atoms with E-state index in [2.05, 4.69) is 0 Å². The van der Waals surface area contributed by atoms with Gasteiger partial charge in [0.15, 0.2) is 0 Å². The van der Waals surface area contributed by atoms with Crippen LogP contribution in [-0.2, 0) is 3.74 Å². The Morgan fingerprint density at radius 1 is 1.50 bits per heavy atom. The summed E-state index contributed by atoms with van der Waals surface area (Å²) in [6, 6.07) is 0. The van der Waals surface area contributed by atoms with E-state index in [0.717, 1.165) is 5.71 Å². The average Bonchev–Trinajstić information content (AvgIpc) is 0.722. The summed E-state index contributed by atoms with van der Waals surface area (Å²) in [7, 11) is 0. The Morgan fingerprint density at radius 2 is 1.50 bits per heavy atom. The van der Waals surface area contributed by atoms with Gasteiger partial charge in [-0.15, -0.1) is 0 Å². The van der Waals surface area contributed by atoms with Gasteiger partial charge in [-0.05, 0) is 0 Å². The maximum atomic E-state index is 9.39. The summed E-state index contributed by atoms with van der Waals surface area (Å²) in [6.07, 6.45) is 0. The van der Waals surface area contributed by atoms with Crippen LogP contribution in [0.3, 0.4) is 0 Å². The van der Waals surface area contributed by atoms with Crippen molar-refractivity contribution < 1.29 is 11.9 Å². The van der Waals surface area contributed by atoms with Gasteiger partial charge in [0, 0.05) is 18.0 Å². The molecule has 0 aliphatic carbocycles. The molecule has 0 aromatic carbocycles. The van der Waals surface area contributed by atoms with Crippen LogP contribution in [0.2, 0.25) is 5.71 Å². The summed E-state index contributed by atoms with van der Waals surface area (Å²) in [5.41, 5.74) is 0.915. The third-order valence-electron chi connectivity index (χ3n) is 0. The molecule has 2 N–H and O–H groups in total. The molecule has 0 heterocycles. The van der Waals surface area contributed by atoms with Crippen LogP contribution in [0.25, 0.3) is 0 Å². The van der Waals surface area contributed by atoms with Gasteiger partial charge in [0.05, 0.1) is 0 Å². The molecule has 0 aromatic heterocycles. The average molecular weight is 215 g/mol. The molecule has 3 radical (unpaired) electrons. The molecule has 0 spiro atoms. The summed E-state index contributed by atoms with van der Waals surface area (Å²) >= 11 is -4.12. The standard InChI is InChI=1S/CH5AsO3.As/c1-2(3,4)5;/h1H3,(H2,3,4,5);. The van der Waals surface area contributed by atoms with Crippen molar-refractivity contribution in [2.24, 2.45) is 0 Å². The van der Waals surface area contributed by atoms with Crippen molar-refractivity contribution >= 4 is 32.1 Å². The van der Waals surface area contributed by atoms with Crippen LogP contribution in [0, 0.1) is 0 Å². The third kappa shape index (κ3) is 102. The van der Waals surface area contributed by atoms with Gasteiger partial charge >= 0.3 is 31.8 Å². The first-order valence-electron chi connectivity index (χ1n) is 1.03. The Hall–Kier alpha value is 0.837. The molecule has 0 unspecified atom stereocenters. The first kappa shape index (κ1) is 9.96. The summed E-state index contributed by atoms with van der Waals surface area (Å²) in [5, 5.41) is 0. The van der Waals surface area contributed by atoms with Crippen LogP contribution in [0.1, 0.15) is 0 Å². The second-order valence-electron chi connectivity index (χ2n) is 0.835. The van der Waals surface area contributed by atoms with E-state index in [1.165, 1.54) is 0 Å². The van der Waals surface area contributed by atoms with E-state index in [0.29, 0.717) is 0 Å². The predicted molar refractivity (Wildman–Crippen MR) is 22.5 cm³/mol. The smallest absolute Gasteiger partial charge is 0 e. The van der Waals surface area contributed by atoms with Crippen molar-refractivity contribution in [3.63, 3.8) is 0 Å². The normalized spacial score (nSPS) is 9.83. The minimum absolute atomic E-state index is 0. The van der Waals surface area contributed by atoms with Crippen LogP contribution in [0.15, 0.2) is 0 Å². The number of hydrogen-bond donors (Lipinski definition) is 2. The summed E-state index contributed by atoms with van der Waals surface area (Å²) in [5.74, 6) is 0. The van der Waals surface area contributed by atoms with E-state index in [9.17, 15) is 3.74 Å². The van der Waals surface area contributed by atoms with Gasteiger partial charge in [0.2, 0.25) is 0 Å². The van der Waals surface area contributed by atoms with Crippen LogP contribution in [0.4, 0.5) is 0 Å². The molecule has 0 aliphatic heterocycles. The Kier molecular flexibility index (Phi) is 4.85. The molecule has 37 valence electrons. The zero-order valence-electron chi connectivity index (χ0n) is 3.20. The predicted octanol–water partition coefficient (Wildman–Crippen LogP) is -1.41. The molecule has 0 bridgehead atoms. The molecule has 3 nitrogen and oxygen atoms in total. The minimum atomic E-state index is -4.12. The maximum Gasteiger partial charge on any atom is 0 e. The maximum absolute atomic E-state index is 9.39. The molecular formula is CH5As2O3. The van der Waals surface area contributed by atoms with E-state index in [1.807, 2.05) is 0 Å². The Balaban J connectivity index is 0. The van der Waals surface area contributed by atoms with Gasteiger partial charge in [-0.2, -0.15) is 0 Å². The number of rotatable bonds is 0. The molecular weight excluding hydrogens is 210 g/mol. The van der Waals surface area contributed by atoms with E-state index < -0.39 is 14.2 Å². The van der Waals surface area contributed by atoms with Gasteiger partial charge in [-0.25, -0.2) is 0 Å². The quantitative estimate of drug-likeness (QED) is 0.488. The zero-order valence-corrected chi connectivity index (χ0v) is 6.95. The van der Waals surface area contributed by atoms with Gasteiger partial charge < -0.3 is 0 Å². The minimum Gasteiger partial charge on any atom is 0 e. The van der Waals surface area contributed by atoms with E-state index in [-0.39, 0.29) is 18.0 Å². The Morgan fingerprint density at radius 3 is 1.50 bits per heavy atom. The van der Waals surface area contributed by atoms with Crippen molar-refractivity contribution in [1.29, 1.82) is 0 Å². The molecule has 0 fully saturated rings.